The quantitative estimate of drug-likeness (QED) is 0.571. The van der Waals surface area contributed by atoms with Crippen molar-refractivity contribution in [3.63, 3.8) is 0 Å². The number of anilines is 2. The van der Waals surface area contributed by atoms with E-state index in [2.05, 4.69) is 48.9 Å². The van der Waals surface area contributed by atoms with Crippen molar-refractivity contribution in [3.8, 4) is 0 Å². The maximum atomic E-state index is 10.8. The average Bonchev–Trinajstić information content (AvgIpc) is 2.40. The van der Waals surface area contributed by atoms with Crippen LogP contribution in [-0.2, 0) is 4.79 Å². The van der Waals surface area contributed by atoms with Crippen molar-refractivity contribution < 1.29 is 4.79 Å². The van der Waals surface area contributed by atoms with Gasteiger partial charge in [-0.3, -0.25) is 4.79 Å². The van der Waals surface area contributed by atoms with Gasteiger partial charge in [0.2, 0.25) is 5.91 Å². The molecule has 0 bridgehead atoms. The monoisotopic (exact) mass is 327 g/mol. The van der Waals surface area contributed by atoms with Gasteiger partial charge >= 0.3 is 0 Å². The zero-order valence-corrected chi connectivity index (χ0v) is 14.9. The fraction of sp³-hybridized carbons (Fsp3) is 0.467. The fourth-order valence-electron chi connectivity index (χ4n) is 1.67. The highest BCUT2D eigenvalue weighted by Crippen LogP contribution is 2.15. The first kappa shape index (κ1) is 19.9. The molecule has 0 aliphatic rings. The van der Waals surface area contributed by atoms with E-state index >= 15 is 0 Å². The smallest absolute Gasteiger partial charge is 0.221 e. The average molecular weight is 328 g/mol. The Bertz CT molecular complexity index is 412. The minimum atomic E-state index is -0.101. The Hall–Kier alpha value is -1.11. The molecule has 1 aromatic carbocycles. The molecule has 0 aromatic heterocycles. The number of thiol groups is 1. The van der Waals surface area contributed by atoms with Crippen molar-refractivity contribution in [2.75, 3.05) is 30.3 Å². The van der Waals surface area contributed by atoms with E-state index in [0.29, 0.717) is 4.32 Å². The summed E-state index contributed by atoms with van der Waals surface area (Å²) in [6.07, 6.45) is 0. The highest BCUT2D eigenvalue weighted by molar-refractivity contribution is 8.11. The van der Waals surface area contributed by atoms with Gasteiger partial charge in [0, 0.05) is 18.3 Å². The maximum Gasteiger partial charge on any atom is 0.221 e. The molecule has 0 spiro atoms. The summed E-state index contributed by atoms with van der Waals surface area (Å²) in [6.45, 7) is 11.6. The molecule has 1 rings (SSSR count). The molecule has 0 aliphatic carbocycles. The highest BCUT2D eigenvalue weighted by atomic mass is 32.1. The summed E-state index contributed by atoms with van der Waals surface area (Å²) in [4.78, 5) is 13.1. The number of carbonyl (C=O) groups excluding carboxylic acids is 1. The predicted molar refractivity (Wildman–Crippen MR) is 99.4 cm³/mol. The molecule has 21 heavy (non-hydrogen) atoms. The summed E-state index contributed by atoms with van der Waals surface area (Å²) in [7, 11) is 0. The van der Waals surface area contributed by atoms with Crippen molar-refractivity contribution in [1.29, 1.82) is 0 Å². The molecule has 0 unspecified atom stereocenters. The van der Waals surface area contributed by atoms with E-state index < -0.39 is 0 Å². The molecule has 1 amide bonds. The van der Waals surface area contributed by atoms with Crippen LogP contribution in [0.3, 0.4) is 0 Å². The number of carbonyl (C=O) groups is 1. The van der Waals surface area contributed by atoms with E-state index in [0.717, 1.165) is 11.4 Å². The Morgan fingerprint density at radius 2 is 1.62 bits per heavy atom. The van der Waals surface area contributed by atoms with Gasteiger partial charge in [0.05, 0.1) is 0 Å². The van der Waals surface area contributed by atoms with E-state index in [1.165, 1.54) is 26.6 Å². The van der Waals surface area contributed by atoms with Crippen LogP contribution in [0, 0.1) is 0 Å². The molecule has 0 atom stereocenters. The second-order valence-electron chi connectivity index (χ2n) is 4.31. The Morgan fingerprint density at radius 3 is 1.95 bits per heavy atom. The lowest BCUT2D eigenvalue weighted by Crippen LogP contribution is -2.21. The number of hydrogen-bond donors (Lipinski definition) is 3. The van der Waals surface area contributed by atoms with Crippen molar-refractivity contribution in [3.05, 3.63) is 24.3 Å². The van der Waals surface area contributed by atoms with Crippen LogP contribution in [-0.4, -0.2) is 34.8 Å². The zero-order valence-electron chi connectivity index (χ0n) is 13.1. The minimum Gasteiger partial charge on any atom is -0.341 e. The first-order valence-corrected chi connectivity index (χ1v) is 7.88. The van der Waals surface area contributed by atoms with Crippen molar-refractivity contribution in [2.24, 2.45) is 0 Å². The lowest BCUT2D eigenvalue weighted by molar-refractivity contribution is -0.114. The third-order valence-corrected chi connectivity index (χ3v) is 2.99. The number of rotatable bonds is 5. The normalized spacial score (nSPS) is 9.62. The van der Waals surface area contributed by atoms with E-state index in [9.17, 15) is 4.79 Å². The van der Waals surface area contributed by atoms with Crippen LogP contribution < -0.4 is 10.6 Å². The molecule has 0 saturated carbocycles. The first-order valence-electron chi connectivity index (χ1n) is 7.02. The van der Waals surface area contributed by atoms with Crippen LogP contribution in [0.15, 0.2) is 24.3 Å². The van der Waals surface area contributed by atoms with Crippen LogP contribution in [0.1, 0.15) is 27.7 Å². The van der Waals surface area contributed by atoms with Crippen LogP contribution >= 0.6 is 24.8 Å². The van der Waals surface area contributed by atoms with E-state index in [4.69, 9.17) is 12.2 Å². The van der Waals surface area contributed by atoms with Gasteiger partial charge in [-0.05, 0) is 37.8 Å². The Balaban J connectivity index is 0.000000486. The Labute approximate surface area is 138 Å². The third kappa shape index (κ3) is 10.3. The van der Waals surface area contributed by atoms with Gasteiger partial charge < -0.3 is 15.5 Å². The molecule has 2 N–H and O–H groups in total. The van der Waals surface area contributed by atoms with E-state index in [1.807, 2.05) is 12.1 Å². The van der Waals surface area contributed by atoms with Gasteiger partial charge in [-0.15, -0.1) is 12.6 Å². The molecule has 0 aliphatic heterocycles. The number of nitrogens with one attached hydrogen (secondary N) is 2. The Kier molecular flexibility index (Phi) is 10.9. The predicted octanol–water partition coefficient (Wildman–Crippen LogP) is 3.62. The van der Waals surface area contributed by atoms with Crippen LogP contribution in [0.4, 0.5) is 11.4 Å². The highest BCUT2D eigenvalue weighted by Gasteiger charge is 1.97. The summed E-state index contributed by atoms with van der Waals surface area (Å²) in [5.74, 6) is -0.101. The molecule has 0 fully saturated rings. The summed E-state index contributed by atoms with van der Waals surface area (Å²) < 4.78 is 0.393. The van der Waals surface area contributed by atoms with Crippen molar-refractivity contribution >= 4 is 46.4 Å². The Morgan fingerprint density at radius 1 is 1.14 bits per heavy atom. The van der Waals surface area contributed by atoms with Gasteiger partial charge in [-0.2, -0.15) is 0 Å². The molecule has 0 heterocycles. The number of benzene rings is 1. The van der Waals surface area contributed by atoms with Gasteiger partial charge in [0.25, 0.3) is 0 Å². The summed E-state index contributed by atoms with van der Waals surface area (Å²) in [5, 5.41) is 5.53. The minimum absolute atomic E-state index is 0.101. The molecule has 4 nitrogen and oxygen atoms in total. The van der Waals surface area contributed by atoms with E-state index in [-0.39, 0.29) is 5.91 Å². The van der Waals surface area contributed by atoms with E-state index in [1.54, 1.807) is 12.1 Å². The summed E-state index contributed by atoms with van der Waals surface area (Å²) in [6, 6.07) is 7.24. The molecule has 0 saturated heterocycles. The van der Waals surface area contributed by atoms with Crippen molar-refractivity contribution in [1.82, 2.24) is 4.90 Å². The number of nitrogens with zero attached hydrogens (tertiary/aromatic N) is 1. The van der Waals surface area contributed by atoms with Crippen LogP contribution in [0.5, 0.6) is 0 Å². The molecule has 6 heteroatoms. The SMILES string of the molecule is CC(=O)Nc1cccc(NC(=S)S)c1.CCN(CC)CC. The second-order valence-corrected chi connectivity index (χ2v) is 5.47. The standard InChI is InChI=1S/C9H10N2OS2.C6H15N/c1-6(12)10-7-3-2-4-8(5-7)11-9(13)14;1-4-7(5-2)6-3/h2-5H,1H3,(H,10,12)(H2,11,13,14);4-6H2,1-3H3. The third-order valence-electron chi connectivity index (χ3n) is 2.78. The lowest BCUT2D eigenvalue weighted by atomic mass is 10.3. The topological polar surface area (TPSA) is 44.4 Å². The first-order chi connectivity index (χ1) is 9.92. The number of thiocarbonyl (C=S) groups is 1. The summed E-state index contributed by atoms with van der Waals surface area (Å²) in [5.41, 5.74) is 1.53. The molecular weight excluding hydrogens is 302 g/mol. The zero-order chi connectivity index (χ0) is 16.3. The molecule has 118 valence electrons. The fourth-order valence-corrected chi connectivity index (χ4v) is 1.92. The lowest BCUT2D eigenvalue weighted by Gasteiger charge is -2.13. The maximum absolute atomic E-state index is 10.8. The van der Waals surface area contributed by atoms with Crippen LogP contribution in [0.25, 0.3) is 0 Å². The second kappa shape index (κ2) is 11.5. The summed E-state index contributed by atoms with van der Waals surface area (Å²) >= 11 is 8.72. The molecular formula is C15H25N3OS2. The van der Waals surface area contributed by atoms with Crippen LogP contribution in [0.2, 0.25) is 0 Å². The van der Waals surface area contributed by atoms with Gasteiger partial charge in [0.15, 0.2) is 0 Å². The molecule has 0 radical (unpaired) electrons. The van der Waals surface area contributed by atoms with Gasteiger partial charge in [-0.1, -0.05) is 39.1 Å². The number of hydrogen-bond acceptors (Lipinski definition) is 3. The largest absolute Gasteiger partial charge is 0.341 e. The molecule has 1 aromatic rings. The van der Waals surface area contributed by atoms with Gasteiger partial charge in [-0.25, -0.2) is 0 Å². The van der Waals surface area contributed by atoms with Crippen molar-refractivity contribution in [2.45, 2.75) is 27.7 Å². The number of amides is 1. The van der Waals surface area contributed by atoms with Gasteiger partial charge in [0.1, 0.15) is 4.32 Å².